The van der Waals surface area contributed by atoms with Crippen molar-refractivity contribution in [1.29, 1.82) is 0 Å². The molecule has 9 nitrogen and oxygen atoms in total. The molecule has 35 heavy (non-hydrogen) atoms. The highest BCUT2D eigenvalue weighted by molar-refractivity contribution is 5.88. The van der Waals surface area contributed by atoms with E-state index in [1.807, 2.05) is 51.1 Å². The van der Waals surface area contributed by atoms with Crippen LogP contribution in [-0.2, 0) is 16.0 Å². The maximum atomic E-state index is 13.2. The number of ether oxygens (including phenoxy) is 2. The Morgan fingerprint density at radius 3 is 2.40 bits per heavy atom. The summed E-state index contributed by atoms with van der Waals surface area (Å²) in [6.45, 7) is 6.55. The molecule has 2 aromatic heterocycles. The summed E-state index contributed by atoms with van der Waals surface area (Å²) in [4.78, 5) is 48.0. The quantitative estimate of drug-likeness (QED) is 0.520. The number of carbonyl (C=O) groups is 2. The van der Waals surface area contributed by atoms with Gasteiger partial charge in [-0.1, -0.05) is 30.3 Å². The second-order valence-electron chi connectivity index (χ2n) is 9.41. The third kappa shape index (κ3) is 5.56. The molecule has 0 atom stereocenters. The summed E-state index contributed by atoms with van der Waals surface area (Å²) in [7, 11) is 1.31. The van der Waals surface area contributed by atoms with Crippen LogP contribution in [0.5, 0.6) is 0 Å². The second-order valence-corrected chi connectivity index (χ2v) is 9.41. The minimum Gasteiger partial charge on any atom is -0.465 e. The minimum atomic E-state index is -0.565. The van der Waals surface area contributed by atoms with Crippen LogP contribution in [-0.4, -0.2) is 57.3 Å². The van der Waals surface area contributed by atoms with Gasteiger partial charge in [0, 0.05) is 36.8 Å². The molecule has 1 aliphatic heterocycles. The minimum absolute atomic E-state index is 0.0511. The summed E-state index contributed by atoms with van der Waals surface area (Å²) < 4.78 is 11.7. The topological polar surface area (TPSA) is 104 Å². The van der Waals surface area contributed by atoms with Gasteiger partial charge in [0.1, 0.15) is 11.4 Å². The van der Waals surface area contributed by atoms with E-state index in [1.165, 1.54) is 19.4 Å². The normalized spacial score (nSPS) is 13.8. The second kappa shape index (κ2) is 9.69. The number of amides is 1. The summed E-state index contributed by atoms with van der Waals surface area (Å²) >= 11 is 0. The monoisotopic (exact) mass is 476 g/mol. The third-order valence-electron chi connectivity index (χ3n) is 5.58. The number of esters is 1. The van der Waals surface area contributed by atoms with E-state index in [0.29, 0.717) is 35.9 Å². The van der Waals surface area contributed by atoms with Crippen molar-refractivity contribution in [3.63, 3.8) is 0 Å². The molecule has 0 N–H and O–H groups in total. The number of rotatable bonds is 5. The SMILES string of the molecule is COC(=O)c1ccc(Cn2c(-c3ccccc3)nc(C3CN(C(=O)OC(C)(C)C)C3)cc2=O)nc1. The number of carbonyl (C=O) groups excluding carboxylic acids is 2. The third-order valence-corrected chi connectivity index (χ3v) is 5.58. The lowest BCUT2D eigenvalue weighted by molar-refractivity contribution is 0.00784. The van der Waals surface area contributed by atoms with Gasteiger partial charge in [-0.15, -0.1) is 0 Å². The van der Waals surface area contributed by atoms with E-state index in [4.69, 9.17) is 14.5 Å². The van der Waals surface area contributed by atoms with Crippen LogP contribution in [0.3, 0.4) is 0 Å². The molecule has 0 aliphatic carbocycles. The van der Waals surface area contributed by atoms with Crippen LogP contribution in [0.4, 0.5) is 4.79 Å². The van der Waals surface area contributed by atoms with Crippen LogP contribution < -0.4 is 5.56 Å². The van der Waals surface area contributed by atoms with Crippen molar-refractivity contribution in [2.45, 2.75) is 38.8 Å². The number of nitrogens with zero attached hydrogens (tertiary/aromatic N) is 4. The largest absolute Gasteiger partial charge is 0.465 e. The molecule has 1 aliphatic rings. The first-order valence-corrected chi connectivity index (χ1v) is 11.3. The van der Waals surface area contributed by atoms with Gasteiger partial charge in [-0.25, -0.2) is 14.6 Å². The molecule has 9 heteroatoms. The van der Waals surface area contributed by atoms with Gasteiger partial charge in [0.05, 0.1) is 30.6 Å². The fraction of sp³-hybridized carbons (Fsp3) is 0.346. The van der Waals surface area contributed by atoms with Gasteiger partial charge in [0.15, 0.2) is 0 Å². The first-order chi connectivity index (χ1) is 16.6. The number of aromatic nitrogens is 3. The molecule has 4 rings (SSSR count). The Kier molecular flexibility index (Phi) is 6.68. The zero-order valence-electron chi connectivity index (χ0n) is 20.2. The molecule has 3 aromatic rings. The predicted molar refractivity (Wildman–Crippen MR) is 129 cm³/mol. The van der Waals surface area contributed by atoms with Gasteiger partial charge in [-0.05, 0) is 32.9 Å². The number of pyridine rings is 1. The number of hydrogen-bond acceptors (Lipinski definition) is 7. The average Bonchev–Trinajstić information content (AvgIpc) is 2.79. The van der Waals surface area contributed by atoms with Crippen LogP contribution in [0.1, 0.15) is 48.4 Å². The first-order valence-electron chi connectivity index (χ1n) is 11.3. The lowest BCUT2D eigenvalue weighted by Crippen LogP contribution is -2.50. The molecule has 1 saturated heterocycles. The van der Waals surface area contributed by atoms with Gasteiger partial charge in [-0.2, -0.15) is 0 Å². The van der Waals surface area contributed by atoms with Gasteiger partial charge in [0.25, 0.3) is 5.56 Å². The fourth-order valence-electron chi connectivity index (χ4n) is 3.75. The molecule has 0 bridgehead atoms. The smallest absolute Gasteiger partial charge is 0.410 e. The molecule has 1 fully saturated rings. The molecule has 0 radical (unpaired) electrons. The van der Waals surface area contributed by atoms with E-state index in [9.17, 15) is 14.4 Å². The van der Waals surface area contributed by atoms with Crippen molar-refractivity contribution in [2.75, 3.05) is 20.2 Å². The molecule has 1 aromatic carbocycles. The van der Waals surface area contributed by atoms with Crippen molar-refractivity contribution in [2.24, 2.45) is 0 Å². The Labute approximate surface area is 203 Å². The van der Waals surface area contributed by atoms with Gasteiger partial charge in [0.2, 0.25) is 0 Å². The van der Waals surface area contributed by atoms with E-state index in [-0.39, 0.29) is 24.1 Å². The maximum Gasteiger partial charge on any atom is 0.410 e. The van der Waals surface area contributed by atoms with E-state index in [2.05, 4.69) is 4.98 Å². The van der Waals surface area contributed by atoms with E-state index < -0.39 is 11.6 Å². The Balaban J connectivity index is 1.61. The number of likely N-dealkylation sites (tertiary alicyclic amines) is 1. The van der Waals surface area contributed by atoms with Crippen LogP contribution in [0.2, 0.25) is 0 Å². The lowest BCUT2D eigenvalue weighted by Gasteiger charge is -2.39. The zero-order valence-corrected chi connectivity index (χ0v) is 20.2. The molecular formula is C26H28N4O5. The molecular weight excluding hydrogens is 448 g/mol. The lowest BCUT2D eigenvalue weighted by atomic mass is 9.96. The summed E-state index contributed by atoms with van der Waals surface area (Å²) in [5.74, 6) is -0.00871. The maximum absolute atomic E-state index is 13.2. The van der Waals surface area contributed by atoms with Gasteiger partial charge in [-0.3, -0.25) is 14.3 Å². The molecule has 3 heterocycles. The molecule has 0 unspecified atom stereocenters. The highest BCUT2D eigenvalue weighted by atomic mass is 16.6. The van der Waals surface area contributed by atoms with Crippen molar-refractivity contribution in [1.82, 2.24) is 19.4 Å². The molecule has 182 valence electrons. The highest BCUT2D eigenvalue weighted by Gasteiger charge is 2.36. The van der Waals surface area contributed by atoms with Gasteiger partial charge < -0.3 is 14.4 Å². The Hall–Kier alpha value is -4.01. The number of benzene rings is 1. The predicted octanol–water partition coefficient (Wildman–Crippen LogP) is 3.47. The Bertz CT molecular complexity index is 1270. The summed E-state index contributed by atoms with van der Waals surface area (Å²) in [6.07, 6.45) is 1.06. The van der Waals surface area contributed by atoms with E-state index >= 15 is 0 Å². The van der Waals surface area contributed by atoms with Gasteiger partial charge >= 0.3 is 12.1 Å². The highest BCUT2D eigenvalue weighted by Crippen LogP contribution is 2.28. The first kappa shape index (κ1) is 24.1. The van der Waals surface area contributed by atoms with Crippen molar-refractivity contribution in [3.8, 4) is 11.4 Å². The molecule has 0 spiro atoms. The Morgan fingerprint density at radius 1 is 1.09 bits per heavy atom. The Morgan fingerprint density at radius 2 is 1.80 bits per heavy atom. The van der Waals surface area contributed by atoms with Crippen LogP contribution in [0, 0.1) is 0 Å². The van der Waals surface area contributed by atoms with Crippen molar-refractivity contribution < 1.29 is 19.1 Å². The van der Waals surface area contributed by atoms with Crippen LogP contribution >= 0.6 is 0 Å². The summed E-state index contributed by atoms with van der Waals surface area (Å²) in [6, 6.07) is 14.3. The van der Waals surface area contributed by atoms with Crippen molar-refractivity contribution in [3.05, 3.63) is 82.0 Å². The van der Waals surface area contributed by atoms with Crippen molar-refractivity contribution >= 4 is 12.1 Å². The molecule has 1 amide bonds. The van der Waals surface area contributed by atoms with E-state index in [0.717, 1.165) is 5.56 Å². The number of hydrogen-bond donors (Lipinski definition) is 0. The van der Waals surface area contributed by atoms with E-state index in [1.54, 1.807) is 21.6 Å². The summed E-state index contributed by atoms with van der Waals surface area (Å²) in [5.41, 5.74) is 1.58. The standard InChI is InChI=1S/C26H28N4O5/c1-26(2,3)35-25(33)29-14-19(15-29)21-12-22(31)30(23(28-21)17-8-6-5-7-9-17)16-20-11-10-18(13-27-20)24(32)34-4/h5-13,19H,14-16H2,1-4H3. The van der Waals surface area contributed by atoms with Crippen LogP contribution in [0.25, 0.3) is 11.4 Å². The zero-order chi connectivity index (χ0) is 25.2. The average molecular weight is 477 g/mol. The number of methoxy groups -OCH3 is 1. The summed E-state index contributed by atoms with van der Waals surface area (Å²) in [5, 5.41) is 0. The fourth-order valence-corrected chi connectivity index (χ4v) is 3.75. The van der Waals surface area contributed by atoms with Crippen LogP contribution in [0.15, 0.2) is 59.5 Å². The molecule has 0 saturated carbocycles.